The molecule has 1 aromatic carbocycles. The van der Waals surface area contributed by atoms with Crippen LogP contribution in [0.3, 0.4) is 0 Å². The van der Waals surface area contributed by atoms with Crippen molar-refractivity contribution in [3.63, 3.8) is 0 Å². The van der Waals surface area contributed by atoms with E-state index in [1.807, 2.05) is 26.0 Å². The van der Waals surface area contributed by atoms with Crippen LogP contribution in [-0.2, 0) is 17.7 Å². The highest BCUT2D eigenvalue weighted by Gasteiger charge is 2.21. The zero-order valence-corrected chi connectivity index (χ0v) is 17.1. The van der Waals surface area contributed by atoms with Crippen molar-refractivity contribution in [1.29, 1.82) is 0 Å². The van der Waals surface area contributed by atoms with Crippen molar-refractivity contribution in [3.05, 3.63) is 45.8 Å². The van der Waals surface area contributed by atoms with E-state index >= 15 is 0 Å². The Morgan fingerprint density at radius 3 is 2.75 bits per heavy atom. The molecular formula is C22H30N2O4. The summed E-state index contributed by atoms with van der Waals surface area (Å²) in [6.07, 6.45) is 1.56. The van der Waals surface area contributed by atoms with Gasteiger partial charge in [0.15, 0.2) is 0 Å². The molecule has 1 fully saturated rings. The van der Waals surface area contributed by atoms with E-state index in [4.69, 9.17) is 9.15 Å². The molecule has 3 rings (SSSR count). The van der Waals surface area contributed by atoms with E-state index < -0.39 is 0 Å². The molecule has 1 saturated heterocycles. The predicted octanol–water partition coefficient (Wildman–Crippen LogP) is 3.66. The van der Waals surface area contributed by atoms with Crippen LogP contribution in [0.2, 0.25) is 0 Å². The van der Waals surface area contributed by atoms with Crippen molar-refractivity contribution in [1.82, 2.24) is 9.80 Å². The van der Waals surface area contributed by atoms with Crippen LogP contribution in [-0.4, -0.2) is 48.7 Å². The van der Waals surface area contributed by atoms with Crippen LogP contribution in [0.1, 0.15) is 38.3 Å². The number of benzene rings is 1. The van der Waals surface area contributed by atoms with Gasteiger partial charge in [-0.05, 0) is 36.0 Å². The van der Waals surface area contributed by atoms with Crippen LogP contribution in [0.25, 0.3) is 11.0 Å². The third-order valence-corrected chi connectivity index (χ3v) is 5.08. The van der Waals surface area contributed by atoms with E-state index in [2.05, 4.69) is 17.9 Å². The van der Waals surface area contributed by atoms with E-state index in [1.54, 1.807) is 11.0 Å². The summed E-state index contributed by atoms with van der Waals surface area (Å²) < 4.78 is 10.8. The zero-order valence-electron chi connectivity index (χ0n) is 17.1. The highest BCUT2D eigenvalue weighted by atomic mass is 16.6. The van der Waals surface area contributed by atoms with Crippen LogP contribution < -0.4 is 5.63 Å². The molecule has 0 radical (unpaired) electrons. The molecule has 1 aliphatic rings. The normalized spacial score (nSPS) is 15.8. The summed E-state index contributed by atoms with van der Waals surface area (Å²) in [5, 5.41) is 0.981. The lowest BCUT2D eigenvalue weighted by atomic mass is 10.1. The Labute approximate surface area is 166 Å². The minimum Gasteiger partial charge on any atom is -0.449 e. The SMILES string of the molecule is CCc1ccc2c(CN3CCCN(C(=O)OCC(C)C)CC3)cc(=O)oc2c1. The Hall–Kier alpha value is -2.34. The number of ether oxygens (including phenoxy) is 1. The fourth-order valence-corrected chi connectivity index (χ4v) is 3.51. The monoisotopic (exact) mass is 386 g/mol. The lowest BCUT2D eigenvalue weighted by molar-refractivity contribution is 0.0930. The molecule has 0 N–H and O–H groups in total. The number of fused-ring (bicyclic) bond motifs is 1. The van der Waals surface area contributed by atoms with E-state index in [9.17, 15) is 9.59 Å². The molecule has 2 heterocycles. The van der Waals surface area contributed by atoms with Crippen LogP contribution in [0.15, 0.2) is 33.5 Å². The van der Waals surface area contributed by atoms with Crippen molar-refractivity contribution in [3.8, 4) is 0 Å². The Bertz CT molecular complexity index is 874. The van der Waals surface area contributed by atoms with Crippen LogP contribution >= 0.6 is 0 Å². The lowest BCUT2D eigenvalue weighted by Gasteiger charge is -2.22. The lowest BCUT2D eigenvalue weighted by Crippen LogP contribution is -2.36. The smallest absolute Gasteiger partial charge is 0.409 e. The first-order valence-electron chi connectivity index (χ1n) is 10.2. The molecule has 6 heteroatoms. The fourth-order valence-electron chi connectivity index (χ4n) is 3.51. The molecule has 0 unspecified atom stereocenters. The molecule has 0 aliphatic carbocycles. The number of carbonyl (C=O) groups excluding carboxylic acids is 1. The van der Waals surface area contributed by atoms with Crippen LogP contribution in [0.4, 0.5) is 4.79 Å². The third kappa shape index (κ3) is 5.13. The van der Waals surface area contributed by atoms with Crippen molar-refractivity contribution in [2.75, 3.05) is 32.8 Å². The van der Waals surface area contributed by atoms with Gasteiger partial charge in [0, 0.05) is 44.2 Å². The van der Waals surface area contributed by atoms with Gasteiger partial charge in [-0.15, -0.1) is 0 Å². The van der Waals surface area contributed by atoms with E-state index in [0.717, 1.165) is 42.4 Å². The van der Waals surface area contributed by atoms with Gasteiger partial charge in [-0.3, -0.25) is 4.90 Å². The maximum Gasteiger partial charge on any atom is 0.409 e. The van der Waals surface area contributed by atoms with Crippen molar-refractivity contribution >= 4 is 17.1 Å². The Morgan fingerprint density at radius 2 is 2.00 bits per heavy atom. The standard InChI is InChI=1S/C22H30N2O4/c1-4-17-6-7-19-18(13-21(25)28-20(19)12-17)14-23-8-5-9-24(11-10-23)22(26)27-15-16(2)3/h6-7,12-13,16H,4-5,8-11,14-15H2,1-3H3. The average Bonchev–Trinajstić information content (AvgIpc) is 2.91. The van der Waals surface area contributed by atoms with Crippen LogP contribution in [0.5, 0.6) is 0 Å². The van der Waals surface area contributed by atoms with E-state index in [1.165, 1.54) is 0 Å². The van der Waals surface area contributed by atoms with Crippen molar-refractivity contribution < 1.29 is 13.9 Å². The van der Waals surface area contributed by atoms with Gasteiger partial charge in [-0.25, -0.2) is 9.59 Å². The Balaban J connectivity index is 1.69. The van der Waals surface area contributed by atoms with Crippen molar-refractivity contribution in [2.24, 2.45) is 5.92 Å². The molecule has 1 aliphatic heterocycles. The molecule has 0 saturated carbocycles. The number of aryl methyl sites for hydroxylation is 1. The molecule has 0 atom stereocenters. The first-order valence-corrected chi connectivity index (χ1v) is 10.2. The van der Waals surface area contributed by atoms with E-state index in [-0.39, 0.29) is 11.7 Å². The van der Waals surface area contributed by atoms with Crippen molar-refractivity contribution in [2.45, 2.75) is 40.2 Å². The Morgan fingerprint density at radius 1 is 1.18 bits per heavy atom. The summed E-state index contributed by atoms with van der Waals surface area (Å²) in [6.45, 7) is 10.2. The van der Waals surface area contributed by atoms with Gasteiger partial charge >= 0.3 is 11.7 Å². The summed E-state index contributed by atoms with van der Waals surface area (Å²) >= 11 is 0. The molecule has 152 valence electrons. The summed E-state index contributed by atoms with van der Waals surface area (Å²) in [5.74, 6) is 0.332. The number of hydrogen-bond donors (Lipinski definition) is 0. The molecular weight excluding hydrogens is 356 g/mol. The fraction of sp³-hybridized carbons (Fsp3) is 0.545. The number of amides is 1. The highest BCUT2D eigenvalue weighted by molar-refractivity contribution is 5.80. The van der Waals surface area contributed by atoms with Gasteiger partial charge in [-0.1, -0.05) is 32.9 Å². The molecule has 6 nitrogen and oxygen atoms in total. The first-order chi connectivity index (χ1) is 13.5. The number of rotatable bonds is 5. The average molecular weight is 386 g/mol. The molecule has 1 amide bonds. The van der Waals surface area contributed by atoms with E-state index in [0.29, 0.717) is 37.7 Å². The van der Waals surface area contributed by atoms with Crippen LogP contribution in [0, 0.1) is 5.92 Å². The topological polar surface area (TPSA) is 63.0 Å². The zero-order chi connectivity index (χ0) is 20.1. The Kier molecular flexibility index (Phi) is 6.73. The maximum atomic E-state index is 12.2. The summed E-state index contributed by atoms with van der Waals surface area (Å²) in [7, 11) is 0. The largest absolute Gasteiger partial charge is 0.449 e. The second-order valence-corrected chi connectivity index (χ2v) is 7.86. The number of carbonyl (C=O) groups is 1. The van der Waals surface area contributed by atoms with Gasteiger partial charge in [0.1, 0.15) is 5.58 Å². The molecule has 1 aromatic heterocycles. The maximum absolute atomic E-state index is 12.2. The number of hydrogen-bond acceptors (Lipinski definition) is 5. The van der Waals surface area contributed by atoms with Gasteiger partial charge in [0.05, 0.1) is 6.61 Å². The van der Waals surface area contributed by atoms with Gasteiger partial charge < -0.3 is 14.1 Å². The molecule has 0 bridgehead atoms. The summed E-state index contributed by atoms with van der Waals surface area (Å²) in [5.41, 5.74) is 2.46. The third-order valence-electron chi connectivity index (χ3n) is 5.08. The highest BCUT2D eigenvalue weighted by Crippen LogP contribution is 2.21. The minimum atomic E-state index is -0.315. The predicted molar refractivity (Wildman–Crippen MR) is 110 cm³/mol. The second kappa shape index (κ2) is 9.24. The van der Waals surface area contributed by atoms with Gasteiger partial charge in [0.25, 0.3) is 0 Å². The molecule has 28 heavy (non-hydrogen) atoms. The van der Waals surface area contributed by atoms with Gasteiger partial charge in [-0.2, -0.15) is 0 Å². The minimum absolute atomic E-state index is 0.228. The molecule has 2 aromatic rings. The first kappa shape index (κ1) is 20.4. The number of nitrogens with zero attached hydrogens (tertiary/aromatic N) is 2. The quantitative estimate of drug-likeness (QED) is 0.734. The second-order valence-electron chi connectivity index (χ2n) is 7.86. The molecule has 0 spiro atoms. The van der Waals surface area contributed by atoms with Gasteiger partial charge in [0.2, 0.25) is 0 Å². The summed E-state index contributed by atoms with van der Waals surface area (Å²) in [6, 6.07) is 7.67. The summed E-state index contributed by atoms with van der Waals surface area (Å²) in [4.78, 5) is 28.3.